The molecule has 0 aromatic carbocycles. The van der Waals surface area contributed by atoms with Crippen LogP contribution in [0.5, 0.6) is 0 Å². The molecule has 1 aliphatic carbocycles. The Kier molecular flexibility index (Phi) is 2.20. The lowest BCUT2D eigenvalue weighted by molar-refractivity contribution is -0.116. The topological polar surface area (TPSA) is 52.0 Å². The second-order valence-corrected chi connectivity index (χ2v) is 4.63. The van der Waals surface area contributed by atoms with Crippen LogP contribution in [-0.4, -0.2) is 21.1 Å². The monoisotopic (exact) mass is 240 g/mol. The van der Waals surface area contributed by atoms with E-state index in [1.54, 1.807) is 12.3 Å². The summed E-state index contributed by atoms with van der Waals surface area (Å²) in [5, 5.41) is 1.89. The number of rotatable bonds is 2. The van der Waals surface area contributed by atoms with E-state index in [2.05, 4.69) is 4.98 Å². The highest BCUT2D eigenvalue weighted by Gasteiger charge is 2.26. The zero-order chi connectivity index (χ0) is 12.9. The van der Waals surface area contributed by atoms with Crippen LogP contribution in [0.3, 0.4) is 0 Å². The van der Waals surface area contributed by atoms with Crippen molar-refractivity contribution in [2.24, 2.45) is 7.05 Å². The minimum absolute atomic E-state index is 0.0144. The fraction of sp³-hybridized carbons (Fsp3) is 0.214. The minimum Gasteiger partial charge on any atom is -0.347 e. The normalized spacial score (nSPS) is 13.9. The van der Waals surface area contributed by atoms with Crippen molar-refractivity contribution in [2.75, 3.05) is 0 Å². The number of carbonyl (C=O) groups excluding carboxylic acids is 2. The number of Topliss-reactive ketones (excluding diaryl/α,β-unsaturated/α-hetero) is 2. The van der Waals surface area contributed by atoms with Crippen LogP contribution in [0, 0.1) is 0 Å². The first-order valence-electron chi connectivity index (χ1n) is 5.76. The molecule has 0 fully saturated rings. The van der Waals surface area contributed by atoms with Gasteiger partial charge in [-0.25, -0.2) is 0 Å². The van der Waals surface area contributed by atoms with Crippen LogP contribution < -0.4 is 0 Å². The minimum atomic E-state index is -0.0665. The summed E-state index contributed by atoms with van der Waals surface area (Å²) in [7, 11) is 1.84. The van der Waals surface area contributed by atoms with Gasteiger partial charge in [0.05, 0.1) is 11.4 Å². The number of pyridine rings is 1. The molecule has 90 valence electrons. The smallest absolute Gasteiger partial charge is 0.206 e. The van der Waals surface area contributed by atoms with E-state index in [0.717, 1.165) is 16.5 Å². The lowest BCUT2D eigenvalue weighted by Crippen LogP contribution is -2.14. The van der Waals surface area contributed by atoms with Gasteiger partial charge in [-0.3, -0.25) is 14.6 Å². The van der Waals surface area contributed by atoms with Crippen LogP contribution in [0.25, 0.3) is 16.8 Å². The molecule has 18 heavy (non-hydrogen) atoms. The van der Waals surface area contributed by atoms with Crippen LogP contribution in [0.15, 0.2) is 24.0 Å². The van der Waals surface area contributed by atoms with E-state index in [4.69, 9.17) is 0 Å². The lowest BCUT2D eigenvalue weighted by Gasteiger charge is -2.12. The number of hydrogen-bond donors (Lipinski definition) is 0. The van der Waals surface area contributed by atoms with Gasteiger partial charge in [0.2, 0.25) is 5.78 Å². The first kappa shape index (κ1) is 10.9. The van der Waals surface area contributed by atoms with Crippen LogP contribution in [0.2, 0.25) is 0 Å². The third kappa shape index (κ3) is 1.42. The summed E-state index contributed by atoms with van der Waals surface area (Å²) < 4.78 is 1.81. The number of aryl methyl sites for hydroxylation is 1. The van der Waals surface area contributed by atoms with Crippen molar-refractivity contribution >= 4 is 28.4 Å². The van der Waals surface area contributed by atoms with Gasteiger partial charge in [0, 0.05) is 42.2 Å². The van der Waals surface area contributed by atoms with Gasteiger partial charge < -0.3 is 4.57 Å². The molecule has 0 aliphatic heterocycles. The number of allylic oxidation sites excluding steroid dienone is 1. The molecular formula is C14H12N2O2. The first-order chi connectivity index (χ1) is 8.58. The molecule has 0 spiro atoms. The van der Waals surface area contributed by atoms with Gasteiger partial charge in [0.25, 0.3) is 0 Å². The Balaban J connectivity index is 2.29. The summed E-state index contributed by atoms with van der Waals surface area (Å²) in [5.74, 6) is -0.0809. The highest BCUT2D eigenvalue weighted by molar-refractivity contribution is 6.23. The molecule has 0 N–H and O–H groups in total. The predicted octanol–water partition coefficient (Wildman–Crippen LogP) is 2.13. The largest absolute Gasteiger partial charge is 0.347 e. The molecule has 4 nitrogen and oxygen atoms in total. The molecular weight excluding hydrogens is 228 g/mol. The highest BCUT2D eigenvalue weighted by atomic mass is 16.1. The van der Waals surface area contributed by atoms with Gasteiger partial charge in [-0.15, -0.1) is 0 Å². The summed E-state index contributed by atoms with van der Waals surface area (Å²) in [5.41, 5.74) is 1.93. The van der Waals surface area contributed by atoms with E-state index < -0.39 is 0 Å². The molecule has 0 saturated heterocycles. The number of hydrogen-bond acceptors (Lipinski definition) is 3. The van der Waals surface area contributed by atoms with Crippen LogP contribution in [0.1, 0.15) is 29.5 Å². The zero-order valence-corrected chi connectivity index (χ0v) is 10.2. The number of carbonyl (C=O) groups is 2. The Labute approximate surface area is 104 Å². The molecule has 0 saturated carbocycles. The maximum atomic E-state index is 12.4. The molecule has 4 heteroatoms. The van der Waals surface area contributed by atoms with E-state index in [0.29, 0.717) is 11.3 Å². The van der Waals surface area contributed by atoms with E-state index in [-0.39, 0.29) is 18.0 Å². The Morgan fingerprint density at radius 3 is 2.94 bits per heavy atom. The fourth-order valence-electron chi connectivity index (χ4n) is 2.47. The molecule has 2 heterocycles. The molecule has 0 unspecified atom stereocenters. The quantitative estimate of drug-likeness (QED) is 0.808. The Morgan fingerprint density at radius 1 is 1.44 bits per heavy atom. The summed E-state index contributed by atoms with van der Waals surface area (Å²) in [4.78, 5) is 27.9. The van der Waals surface area contributed by atoms with E-state index in [1.165, 1.54) is 6.92 Å². The van der Waals surface area contributed by atoms with E-state index in [9.17, 15) is 9.59 Å². The fourth-order valence-corrected chi connectivity index (χ4v) is 2.47. The maximum Gasteiger partial charge on any atom is 0.206 e. The second-order valence-electron chi connectivity index (χ2n) is 4.63. The second kappa shape index (κ2) is 3.63. The standard InChI is InChI=1S/C14H12N2O2/c1-8(17)5-10-6-11-12-9(3-4-15-11)7-16(2)13(12)14(10)18/h3-4,6-7H,5H2,1-2H3. The maximum absolute atomic E-state index is 12.4. The Bertz CT molecular complexity index is 723. The van der Waals surface area contributed by atoms with Crippen molar-refractivity contribution in [3.05, 3.63) is 35.4 Å². The van der Waals surface area contributed by atoms with Crippen LogP contribution in [0.4, 0.5) is 0 Å². The van der Waals surface area contributed by atoms with Crippen molar-refractivity contribution in [1.82, 2.24) is 9.55 Å². The summed E-state index contributed by atoms with van der Waals surface area (Å²) in [6, 6.07) is 1.89. The molecule has 0 bridgehead atoms. The van der Waals surface area contributed by atoms with E-state index in [1.807, 2.05) is 23.9 Å². The number of ketones is 2. The average molecular weight is 240 g/mol. The summed E-state index contributed by atoms with van der Waals surface area (Å²) in [6.45, 7) is 1.49. The van der Waals surface area contributed by atoms with Gasteiger partial charge in [0.15, 0.2) is 0 Å². The molecule has 0 atom stereocenters. The molecule has 0 radical (unpaired) electrons. The third-order valence-corrected chi connectivity index (χ3v) is 3.19. The van der Waals surface area contributed by atoms with Gasteiger partial charge in [-0.1, -0.05) is 0 Å². The zero-order valence-electron chi connectivity index (χ0n) is 10.2. The molecule has 2 aromatic rings. The lowest BCUT2D eigenvalue weighted by atomic mass is 9.94. The van der Waals surface area contributed by atoms with Gasteiger partial charge in [0.1, 0.15) is 5.78 Å². The van der Waals surface area contributed by atoms with Crippen molar-refractivity contribution in [1.29, 1.82) is 0 Å². The summed E-state index contributed by atoms with van der Waals surface area (Å²) >= 11 is 0. The van der Waals surface area contributed by atoms with Crippen molar-refractivity contribution in [2.45, 2.75) is 13.3 Å². The first-order valence-corrected chi connectivity index (χ1v) is 5.76. The van der Waals surface area contributed by atoms with Gasteiger partial charge >= 0.3 is 0 Å². The van der Waals surface area contributed by atoms with Crippen LogP contribution >= 0.6 is 0 Å². The SMILES string of the molecule is CC(=O)CC1=Cc2nccc3cn(C)c(c23)C1=O. The third-order valence-electron chi connectivity index (χ3n) is 3.19. The Morgan fingerprint density at radius 2 is 2.22 bits per heavy atom. The molecule has 1 aliphatic rings. The summed E-state index contributed by atoms with van der Waals surface area (Å²) in [6.07, 6.45) is 5.54. The van der Waals surface area contributed by atoms with Crippen molar-refractivity contribution in [3.8, 4) is 0 Å². The predicted molar refractivity (Wildman–Crippen MR) is 68.3 cm³/mol. The van der Waals surface area contributed by atoms with Crippen molar-refractivity contribution in [3.63, 3.8) is 0 Å². The molecule has 3 rings (SSSR count). The Hall–Kier alpha value is -2.23. The number of nitrogens with zero attached hydrogens (tertiary/aromatic N) is 2. The molecule has 2 aromatic heterocycles. The van der Waals surface area contributed by atoms with Gasteiger partial charge in [-0.2, -0.15) is 0 Å². The number of aromatic nitrogens is 2. The molecule has 0 amide bonds. The van der Waals surface area contributed by atoms with Gasteiger partial charge in [-0.05, 0) is 19.1 Å². The highest BCUT2D eigenvalue weighted by Crippen LogP contribution is 2.31. The van der Waals surface area contributed by atoms with Crippen molar-refractivity contribution < 1.29 is 9.59 Å². The van der Waals surface area contributed by atoms with E-state index >= 15 is 0 Å². The average Bonchev–Trinajstić information content (AvgIpc) is 2.63. The van der Waals surface area contributed by atoms with Crippen LogP contribution in [-0.2, 0) is 11.8 Å².